The fourth-order valence-corrected chi connectivity index (χ4v) is 3.23. The van der Waals surface area contributed by atoms with Gasteiger partial charge >= 0.3 is 5.76 Å². The maximum absolute atomic E-state index is 12.7. The van der Waals surface area contributed by atoms with Crippen molar-refractivity contribution in [2.24, 2.45) is 0 Å². The van der Waals surface area contributed by atoms with Gasteiger partial charge in [-0.25, -0.2) is 8.42 Å². The van der Waals surface area contributed by atoms with E-state index in [2.05, 4.69) is 10.4 Å². The molecule has 0 spiro atoms. The molecular formula is C17H14F2N4O4S. The molecule has 0 atom stereocenters. The van der Waals surface area contributed by atoms with E-state index in [1.165, 1.54) is 6.20 Å². The average molecular weight is 408 g/mol. The summed E-state index contributed by atoms with van der Waals surface area (Å²) in [4.78, 5) is 9.60. The molecule has 0 aliphatic carbocycles. The lowest BCUT2D eigenvalue weighted by atomic mass is 10.2. The summed E-state index contributed by atoms with van der Waals surface area (Å²) in [6.07, 6.45) is 3.05. The zero-order valence-electron chi connectivity index (χ0n) is 14.2. The number of rotatable bonds is 7. The van der Waals surface area contributed by atoms with Crippen LogP contribution in [0.5, 0.6) is 0 Å². The van der Waals surface area contributed by atoms with E-state index in [-0.39, 0.29) is 5.69 Å². The van der Waals surface area contributed by atoms with E-state index in [9.17, 15) is 27.3 Å². The van der Waals surface area contributed by atoms with E-state index < -0.39 is 31.1 Å². The van der Waals surface area contributed by atoms with Crippen LogP contribution in [0.1, 0.15) is 5.56 Å². The van der Waals surface area contributed by atoms with Crippen LogP contribution in [0.2, 0.25) is 0 Å². The fourth-order valence-electron chi connectivity index (χ4n) is 2.49. The van der Waals surface area contributed by atoms with Crippen LogP contribution in [0, 0.1) is 10.1 Å². The zero-order chi connectivity index (χ0) is 20.3. The lowest BCUT2D eigenvalue weighted by molar-refractivity contribution is -0.384. The molecule has 3 rings (SSSR count). The Bertz CT molecular complexity index is 1100. The summed E-state index contributed by atoms with van der Waals surface area (Å²) in [7, 11) is -4.94. The first-order valence-electron chi connectivity index (χ1n) is 7.91. The van der Waals surface area contributed by atoms with Crippen LogP contribution in [0.25, 0.3) is 0 Å². The number of halogens is 2. The topological polar surface area (TPSA) is 107 Å². The molecule has 11 heteroatoms. The molecule has 1 N–H and O–H groups in total. The molecule has 8 nitrogen and oxygen atoms in total. The Balaban J connectivity index is 1.85. The molecule has 0 radical (unpaired) electrons. The number of hydrogen-bond acceptors (Lipinski definition) is 6. The molecule has 3 aromatic rings. The Kier molecular flexibility index (Phi) is 5.36. The van der Waals surface area contributed by atoms with Crippen molar-refractivity contribution in [3.05, 3.63) is 76.6 Å². The van der Waals surface area contributed by atoms with Gasteiger partial charge in [-0.3, -0.25) is 14.8 Å². The number of nitrogens with zero attached hydrogens (tertiary/aromatic N) is 3. The highest BCUT2D eigenvalue weighted by atomic mass is 32.2. The quantitative estimate of drug-likeness (QED) is 0.473. The van der Waals surface area contributed by atoms with Crippen molar-refractivity contribution in [1.29, 1.82) is 0 Å². The molecule has 1 heterocycles. The lowest BCUT2D eigenvalue weighted by Crippen LogP contribution is -2.12. The van der Waals surface area contributed by atoms with Crippen molar-refractivity contribution in [1.82, 2.24) is 9.78 Å². The van der Waals surface area contributed by atoms with Gasteiger partial charge in [0.1, 0.15) is 5.69 Å². The van der Waals surface area contributed by atoms with E-state index in [1.54, 1.807) is 10.9 Å². The highest BCUT2D eigenvalue weighted by molar-refractivity contribution is 7.91. The van der Waals surface area contributed by atoms with E-state index in [0.717, 1.165) is 17.7 Å². The van der Waals surface area contributed by atoms with Crippen LogP contribution in [-0.2, 0) is 16.4 Å². The fraction of sp³-hybridized carbons (Fsp3) is 0.118. The predicted molar refractivity (Wildman–Crippen MR) is 97.3 cm³/mol. The smallest absolute Gasteiger partial charge is 0.341 e. The van der Waals surface area contributed by atoms with Crippen LogP contribution in [0.15, 0.2) is 65.8 Å². The Morgan fingerprint density at radius 3 is 2.54 bits per heavy atom. The molecule has 0 saturated carbocycles. The second kappa shape index (κ2) is 7.72. The van der Waals surface area contributed by atoms with Gasteiger partial charge < -0.3 is 5.32 Å². The SMILES string of the molecule is O=[N+]([O-])c1cc(S(=O)(=O)C(F)F)ccc1Nc1cnn(Cc2ccccc2)c1. The van der Waals surface area contributed by atoms with Gasteiger partial charge in [0.25, 0.3) is 5.69 Å². The molecule has 0 fully saturated rings. The molecule has 0 amide bonds. The third-order valence-corrected chi connectivity index (χ3v) is 5.21. The summed E-state index contributed by atoms with van der Waals surface area (Å²) >= 11 is 0. The van der Waals surface area contributed by atoms with Crippen molar-refractivity contribution in [3.63, 3.8) is 0 Å². The van der Waals surface area contributed by atoms with E-state index in [4.69, 9.17) is 0 Å². The summed E-state index contributed by atoms with van der Waals surface area (Å²) in [5, 5.41) is 18.2. The number of nitro benzene ring substituents is 1. The van der Waals surface area contributed by atoms with Gasteiger partial charge in [0, 0.05) is 12.3 Å². The van der Waals surface area contributed by atoms with Gasteiger partial charge in [0.05, 0.1) is 28.2 Å². The number of alkyl halides is 2. The van der Waals surface area contributed by atoms with Crippen molar-refractivity contribution >= 4 is 26.9 Å². The standard InChI is InChI=1S/C17H14F2N4O4S/c18-17(19)28(26,27)14-6-7-15(16(8-14)23(24)25)21-13-9-20-22(11-13)10-12-4-2-1-3-5-12/h1-9,11,17,21H,10H2. The number of sulfone groups is 1. The molecule has 0 unspecified atom stereocenters. The van der Waals surface area contributed by atoms with Crippen LogP contribution in [-0.4, -0.2) is 28.9 Å². The van der Waals surface area contributed by atoms with Crippen molar-refractivity contribution in [2.75, 3.05) is 5.32 Å². The highest BCUT2D eigenvalue weighted by Crippen LogP contribution is 2.31. The van der Waals surface area contributed by atoms with Crippen molar-refractivity contribution in [3.8, 4) is 0 Å². The summed E-state index contributed by atoms with van der Waals surface area (Å²) in [5.41, 5.74) is 0.739. The first kappa shape index (κ1) is 19.4. The number of aromatic nitrogens is 2. The Morgan fingerprint density at radius 2 is 1.89 bits per heavy atom. The Hall–Kier alpha value is -3.34. The molecule has 1 aromatic heterocycles. The maximum Gasteiger partial charge on any atom is 0.341 e. The van der Waals surface area contributed by atoms with E-state index in [0.29, 0.717) is 18.3 Å². The first-order valence-corrected chi connectivity index (χ1v) is 9.46. The number of nitro groups is 1. The van der Waals surface area contributed by atoms with Crippen LogP contribution < -0.4 is 5.32 Å². The van der Waals surface area contributed by atoms with Crippen LogP contribution in [0.4, 0.5) is 25.8 Å². The van der Waals surface area contributed by atoms with Crippen LogP contribution in [0.3, 0.4) is 0 Å². The monoisotopic (exact) mass is 408 g/mol. The highest BCUT2D eigenvalue weighted by Gasteiger charge is 2.29. The van der Waals surface area contributed by atoms with Gasteiger partial charge in [-0.05, 0) is 17.7 Å². The Labute approximate surface area is 158 Å². The van der Waals surface area contributed by atoms with Gasteiger partial charge in [0.15, 0.2) is 0 Å². The van der Waals surface area contributed by atoms with Crippen LogP contribution >= 0.6 is 0 Å². The van der Waals surface area contributed by atoms with Gasteiger partial charge in [-0.2, -0.15) is 13.9 Å². The lowest BCUT2D eigenvalue weighted by Gasteiger charge is -2.08. The second-order valence-electron chi connectivity index (χ2n) is 5.78. The first-order chi connectivity index (χ1) is 13.3. The molecular weight excluding hydrogens is 394 g/mol. The normalized spacial score (nSPS) is 11.5. The molecule has 0 aliphatic rings. The largest absolute Gasteiger partial charge is 0.347 e. The third-order valence-electron chi connectivity index (χ3n) is 3.83. The summed E-state index contributed by atoms with van der Waals surface area (Å²) in [6, 6.07) is 12.1. The summed E-state index contributed by atoms with van der Waals surface area (Å²) in [5.74, 6) is -3.66. The minimum atomic E-state index is -4.94. The second-order valence-corrected chi connectivity index (χ2v) is 7.70. The maximum atomic E-state index is 12.7. The molecule has 0 bridgehead atoms. The van der Waals surface area contributed by atoms with Gasteiger partial charge in [-0.15, -0.1) is 0 Å². The molecule has 0 saturated heterocycles. The minimum absolute atomic E-state index is 0.0440. The average Bonchev–Trinajstić information content (AvgIpc) is 3.09. The van der Waals surface area contributed by atoms with E-state index in [1.807, 2.05) is 30.3 Å². The predicted octanol–water partition coefficient (Wildman–Crippen LogP) is 3.58. The molecule has 28 heavy (non-hydrogen) atoms. The zero-order valence-corrected chi connectivity index (χ0v) is 15.0. The number of nitrogens with one attached hydrogen (secondary N) is 1. The number of anilines is 2. The summed E-state index contributed by atoms with van der Waals surface area (Å²) < 4.78 is 50.1. The number of hydrogen-bond donors (Lipinski definition) is 1. The van der Waals surface area contributed by atoms with Crippen molar-refractivity contribution in [2.45, 2.75) is 17.2 Å². The third kappa shape index (κ3) is 4.14. The number of benzene rings is 2. The van der Waals surface area contributed by atoms with Gasteiger partial charge in [0.2, 0.25) is 9.84 Å². The molecule has 2 aromatic carbocycles. The van der Waals surface area contributed by atoms with Crippen molar-refractivity contribution < 1.29 is 22.1 Å². The van der Waals surface area contributed by atoms with E-state index >= 15 is 0 Å². The Morgan fingerprint density at radius 1 is 1.18 bits per heavy atom. The van der Waals surface area contributed by atoms with Gasteiger partial charge in [-0.1, -0.05) is 30.3 Å². The molecule has 0 aliphatic heterocycles. The minimum Gasteiger partial charge on any atom is -0.347 e. The summed E-state index contributed by atoms with van der Waals surface area (Å²) in [6.45, 7) is 0.482. The molecule has 146 valence electrons.